The standard InChI is InChI=1S/C19H25N3O4/c1-2-20-19(25)22-15-11-7-4-8-12-17(23)21-16(13-26-18(15)24)14-9-5-3-6-10-14/h3-7,9-10,15-16H,2,8,11-13H2,1H3,(H,21,23)(H2,20,22,25)/b7-4+/t15-,16+/m1/s1. The van der Waals surface area contributed by atoms with Crippen LogP contribution >= 0.6 is 0 Å². The number of nitrogens with one attached hydrogen (secondary N) is 3. The Morgan fingerprint density at radius 2 is 2.00 bits per heavy atom. The Hall–Kier alpha value is -2.83. The summed E-state index contributed by atoms with van der Waals surface area (Å²) in [5.41, 5.74) is 0.856. The Morgan fingerprint density at radius 3 is 2.73 bits per heavy atom. The zero-order valence-corrected chi connectivity index (χ0v) is 14.9. The lowest BCUT2D eigenvalue weighted by Crippen LogP contribution is -2.47. The minimum Gasteiger partial charge on any atom is -0.462 e. The van der Waals surface area contributed by atoms with Crippen molar-refractivity contribution in [3.8, 4) is 0 Å². The molecule has 1 heterocycles. The fourth-order valence-electron chi connectivity index (χ4n) is 2.59. The molecule has 1 aliphatic heterocycles. The van der Waals surface area contributed by atoms with Crippen LogP contribution in [0.25, 0.3) is 0 Å². The second-order valence-corrected chi connectivity index (χ2v) is 5.96. The first kappa shape index (κ1) is 19.5. The highest BCUT2D eigenvalue weighted by atomic mass is 16.5. The molecule has 0 aliphatic carbocycles. The van der Waals surface area contributed by atoms with E-state index in [2.05, 4.69) is 16.0 Å². The van der Waals surface area contributed by atoms with Gasteiger partial charge in [-0.25, -0.2) is 9.59 Å². The number of urea groups is 1. The van der Waals surface area contributed by atoms with Gasteiger partial charge in [-0.2, -0.15) is 0 Å². The molecule has 1 aromatic carbocycles. The molecule has 0 aromatic heterocycles. The number of esters is 1. The van der Waals surface area contributed by atoms with Gasteiger partial charge in [0, 0.05) is 13.0 Å². The summed E-state index contributed by atoms with van der Waals surface area (Å²) in [4.78, 5) is 36.3. The number of hydrogen-bond donors (Lipinski definition) is 3. The van der Waals surface area contributed by atoms with Crippen molar-refractivity contribution < 1.29 is 19.1 Å². The number of ether oxygens (including phenoxy) is 1. The van der Waals surface area contributed by atoms with Crippen molar-refractivity contribution in [2.75, 3.05) is 13.2 Å². The van der Waals surface area contributed by atoms with Crippen LogP contribution in [-0.4, -0.2) is 37.1 Å². The second-order valence-electron chi connectivity index (χ2n) is 5.96. The molecule has 0 unspecified atom stereocenters. The van der Waals surface area contributed by atoms with Crippen molar-refractivity contribution in [1.82, 2.24) is 16.0 Å². The van der Waals surface area contributed by atoms with Gasteiger partial charge in [0.15, 0.2) is 0 Å². The SMILES string of the molecule is CCNC(=O)N[C@@H]1C/C=C/CCC(=O)N[C@H](c2ccccc2)COC1=O. The van der Waals surface area contributed by atoms with Crippen LogP contribution in [0, 0.1) is 0 Å². The average molecular weight is 359 g/mol. The third kappa shape index (κ3) is 6.23. The minimum absolute atomic E-state index is 0.00583. The zero-order chi connectivity index (χ0) is 18.8. The predicted octanol–water partition coefficient (Wildman–Crippen LogP) is 1.81. The maximum absolute atomic E-state index is 12.4. The van der Waals surface area contributed by atoms with Crippen molar-refractivity contribution in [1.29, 1.82) is 0 Å². The normalized spacial score (nSPS) is 22.8. The molecule has 26 heavy (non-hydrogen) atoms. The van der Waals surface area contributed by atoms with E-state index < -0.39 is 24.1 Å². The average Bonchev–Trinajstić information content (AvgIpc) is 2.63. The number of cyclic esters (lactones) is 1. The Kier molecular flexibility index (Phi) is 7.67. The summed E-state index contributed by atoms with van der Waals surface area (Å²) in [7, 11) is 0. The van der Waals surface area contributed by atoms with E-state index in [1.54, 1.807) is 13.0 Å². The van der Waals surface area contributed by atoms with Gasteiger partial charge in [0.25, 0.3) is 0 Å². The fourth-order valence-corrected chi connectivity index (χ4v) is 2.59. The summed E-state index contributed by atoms with van der Waals surface area (Å²) in [6.45, 7) is 2.27. The molecule has 1 aromatic rings. The Labute approximate surface area is 153 Å². The van der Waals surface area contributed by atoms with Crippen LogP contribution in [-0.2, 0) is 14.3 Å². The van der Waals surface area contributed by atoms with Crippen LogP contribution in [0.4, 0.5) is 4.79 Å². The molecule has 0 saturated carbocycles. The fraction of sp³-hybridized carbons (Fsp3) is 0.421. The molecule has 2 atom stereocenters. The number of amides is 3. The molecule has 1 aliphatic rings. The summed E-state index contributed by atoms with van der Waals surface area (Å²) in [5, 5.41) is 8.12. The van der Waals surface area contributed by atoms with Gasteiger partial charge in [-0.15, -0.1) is 0 Å². The monoisotopic (exact) mass is 359 g/mol. The summed E-state index contributed by atoms with van der Waals surface area (Å²) in [6, 6.07) is 7.73. The highest BCUT2D eigenvalue weighted by molar-refractivity contribution is 5.83. The van der Waals surface area contributed by atoms with Crippen molar-refractivity contribution in [3.63, 3.8) is 0 Å². The topological polar surface area (TPSA) is 96.5 Å². The molecular weight excluding hydrogens is 334 g/mol. The number of benzene rings is 1. The first-order valence-electron chi connectivity index (χ1n) is 8.80. The van der Waals surface area contributed by atoms with E-state index in [0.717, 1.165) is 5.56 Å². The molecule has 140 valence electrons. The second kappa shape index (κ2) is 10.2. The predicted molar refractivity (Wildman–Crippen MR) is 97.3 cm³/mol. The molecule has 7 nitrogen and oxygen atoms in total. The van der Waals surface area contributed by atoms with Gasteiger partial charge in [0.1, 0.15) is 12.6 Å². The van der Waals surface area contributed by atoms with E-state index >= 15 is 0 Å². The molecule has 0 fully saturated rings. The highest BCUT2D eigenvalue weighted by Gasteiger charge is 2.24. The third-order valence-corrected chi connectivity index (χ3v) is 3.93. The molecule has 0 saturated heterocycles. The number of hydrogen-bond acceptors (Lipinski definition) is 4. The van der Waals surface area contributed by atoms with Crippen LogP contribution in [0.15, 0.2) is 42.5 Å². The number of allylic oxidation sites excluding steroid dienone is 1. The van der Waals surface area contributed by atoms with Crippen LogP contribution in [0.1, 0.15) is 37.8 Å². The third-order valence-electron chi connectivity index (χ3n) is 3.93. The lowest BCUT2D eigenvalue weighted by molar-refractivity contribution is -0.147. The van der Waals surface area contributed by atoms with E-state index in [1.165, 1.54) is 0 Å². The van der Waals surface area contributed by atoms with Crippen LogP contribution in [0.2, 0.25) is 0 Å². The molecule has 0 spiro atoms. The Bertz CT molecular complexity index is 645. The largest absolute Gasteiger partial charge is 0.462 e. The summed E-state index contributed by atoms with van der Waals surface area (Å²) in [5.74, 6) is -0.631. The van der Waals surface area contributed by atoms with Gasteiger partial charge >= 0.3 is 12.0 Å². The Balaban J connectivity index is 2.12. The molecule has 3 amide bonds. The molecule has 7 heteroatoms. The van der Waals surface area contributed by atoms with E-state index in [0.29, 0.717) is 25.8 Å². The molecule has 3 N–H and O–H groups in total. The van der Waals surface area contributed by atoms with Crippen LogP contribution in [0.3, 0.4) is 0 Å². The molecule has 2 rings (SSSR count). The van der Waals surface area contributed by atoms with Gasteiger partial charge in [-0.3, -0.25) is 4.79 Å². The summed E-state index contributed by atoms with van der Waals surface area (Å²) >= 11 is 0. The van der Waals surface area contributed by atoms with Gasteiger partial charge < -0.3 is 20.7 Å². The van der Waals surface area contributed by atoms with Gasteiger partial charge in [0.2, 0.25) is 5.91 Å². The molecular formula is C19H25N3O4. The molecule has 0 radical (unpaired) electrons. The number of carbonyl (C=O) groups is 3. The maximum Gasteiger partial charge on any atom is 0.329 e. The summed E-state index contributed by atoms with van der Waals surface area (Å²) in [6.07, 6.45) is 4.84. The van der Waals surface area contributed by atoms with Crippen LogP contribution in [0.5, 0.6) is 0 Å². The number of rotatable bonds is 3. The lowest BCUT2D eigenvalue weighted by Gasteiger charge is -2.22. The Morgan fingerprint density at radius 1 is 1.23 bits per heavy atom. The van der Waals surface area contributed by atoms with E-state index in [-0.39, 0.29) is 12.5 Å². The van der Waals surface area contributed by atoms with Gasteiger partial charge in [0.05, 0.1) is 6.04 Å². The minimum atomic E-state index is -0.774. The van der Waals surface area contributed by atoms with E-state index in [1.807, 2.05) is 36.4 Å². The lowest BCUT2D eigenvalue weighted by atomic mass is 10.1. The van der Waals surface area contributed by atoms with E-state index in [4.69, 9.17) is 4.74 Å². The van der Waals surface area contributed by atoms with Crippen molar-refractivity contribution in [2.45, 2.75) is 38.3 Å². The van der Waals surface area contributed by atoms with Crippen molar-refractivity contribution >= 4 is 17.9 Å². The quantitative estimate of drug-likeness (QED) is 0.566. The smallest absolute Gasteiger partial charge is 0.329 e. The van der Waals surface area contributed by atoms with Gasteiger partial charge in [-0.1, -0.05) is 42.5 Å². The van der Waals surface area contributed by atoms with Crippen molar-refractivity contribution in [3.05, 3.63) is 48.0 Å². The maximum atomic E-state index is 12.4. The van der Waals surface area contributed by atoms with Crippen LogP contribution < -0.4 is 16.0 Å². The zero-order valence-electron chi connectivity index (χ0n) is 14.9. The first-order valence-corrected chi connectivity index (χ1v) is 8.80. The molecule has 0 bridgehead atoms. The van der Waals surface area contributed by atoms with Gasteiger partial charge in [-0.05, 0) is 25.3 Å². The number of carbonyl (C=O) groups excluding carboxylic acids is 3. The van der Waals surface area contributed by atoms with Crippen molar-refractivity contribution in [2.24, 2.45) is 0 Å². The first-order chi connectivity index (χ1) is 12.6. The highest BCUT2D eigenvalue weighted by Crippen LogP contribution is 2.15. The van der Waals surface area contributed by atoms with E-state index in [9.17, 15) is 14.4 Å². The summed E-state index contributed by atoms with van der Waals surface area (Å²) < 4.78 is 5.39.